The molecule has 1 unspecified atom stereocenters. The molecule has 2 heterocycles. The van der Waals surface area contributed by atoms with Crippen LogP contribution in [-0.2, 0) is 0 Å². The average Bonchev–Trinajstić information content (AvgIpc) is 2.69. The lowest BCUT2D eigenvalue weighted by Gasteiger charge is -2.35. The number of hydrogen-bond donors (Lipinski definition) is 1. The van der Waals surface area contributed by atoms with Gasteiger partial charge in [0.05, 0.1) is 13.1 Å². The number of likely N-dealkylation sites (tertiary alicyclic amines) is 1. The summed E-state index contributed by atoms with van der Waals surface area (Å²) in [6, 6.07) is 2.20. The maximum Gasteiger partial charge on any atom is 0.256 e. The van der Waals surface area contributed by atoms with E-state index in [1.807, 2.05) is 11.0 Å². The first-order valence-electron chi connectivity index (χ1n) is 6.09. The van der Waals surface area contributed by atoms with Gasteiger partial charge >= 0.3 is 0 Å². The van der Waals surface area contributed by atoms with E-state index in [2.05, 4.69) is 31.9 Å². The van der Waals surface area contributed by atoms with E-state index in [-0.39, 0.29) is 18.3 Å². The monoisotopic (exact) mass is 430 g/mol. The fraction of sp³-hybridized carbons (Fsp3) is 0.583. The molecule has 1 aromatic rings. The normalized spacial score (nSPS) is 19.1. The van der Waals surface area contributed by atoms with E-state index in [1.165, 1.54) is 17.8 Å². The number of hydrogen-bond acceptors (Lipinski definition) is 3. The summed E-state index contributed by atoms with van der Waals surface area (Å²) in [6.07, 6.45) is 4.26. The third kappa shape index (κ3) is 4.17. The van der Waals surface area contributed by atoms with Crippen molar-refractivity contribution in [3.05, 3.63) is 19.2 Å². The minimum atomic E-state index is 0. The maximum atomic E-state index is 12.6. The first-order valence-corrected chi connectivity index (χ1v) is 8.49. The van der Waals surface area contributed by atoms with E-state index in [0.29, 0.717) is 12.6 Å². The Balaban J connectivity index is 0.00000180. The molecule has 1 aliphatic rings. The molecular formula is C12H17Br2ClN2OS. The second kappa shape index (κ2) is 7.98. The zero-order valence-electron chi connectivity index (χ0n) is 10.4. The molecule has 1 atom stereocenters. The second-order valence-electron chi connectivity index (χ2n) is 4.46. The molecule has 0 spiro atoms. The Morgan fingerprint density at radius 2 is 2.21 bits per heavy atom. The molecule has 0 bridgehead atoms. The third-order valence-electron chi connectivity index (χ3n) is 3.27. The molecular weight excluding hydrogens is 415 g/mol. The molecule has 108 valence electrons. The van der Waals surface area contributed by atoms with Crippen molar-refractivity contribution in [3.63, 3.8) is 0 Å². The SMILES string of the molecule is Cl.NCCC1CCCCN1C(=O)c1cc(Br)sc1Br. The zero-order chi connectivity index (χ0) is 13.1. The highest BCUT2D eigenvalue weighted by Crippen LogP contribution is 2.34. The minimum absolute atomic E-state index is 0. The molecule has 1 saturated heterocycles. The van der Waals surface area contributed by atoms with E-state index < -0.39 is 0 Å². The van der Waals surface area contributed by atoms with E-state index >= 15 is 0 Å². The Kier molecular flexibility index (Phi) is 7.32. The maximum absolute atomic E-state index is 12.6. The number of carbonyl (C=O) groups excluding carboxylic acids is 1. The molecule has 7 heteroatoms. The van der Waals surface area contributed by atoms with Crippen LogP contribution in [0.25, 0.3) is 0 Å². The molecule has 1 amide bonds. The molecule has 1 aliphatic heterocycles. The quantitative estimate of drug-likeness (QED) is 0.784. The summed E-state index contributed by atoms with van der Waals surface area (Å²) in [7, 11) is 0. The van der Waals surface area contributed by atoms with Gasteiger partial charge in [-0.15, -0.1) is 23.7 Å². The predicted molar refractivity (Wildman–Crippen MR) is 89.3 cm³/mol. The van der Waals surface area contributed by atoms with Crippen molar-refractivity contribution in [1.82, 2.24) is 4.90 Å². The molecule has 0 aliphatic carbocycles. The summed E-state index contributed by atoms with van der Waals surface area (Å²) in [5, 5.41) is 0. The fourth-order valence-corrected chi connectivity index (χ4v) is 5.18. The summed E-state index contributed by atoms with van der Waals surface area (Å²) in [4.78, 5) is 14.6. The number of piperidine rings is 1. The smallest absolute Gasteiger partial charge is 0.256 e. The van der Waals surface area contributed by atoms with Gasteiger partial charge in [0.1, 0.15) is 0 Å². The van der Waals surface area contributed by atoms with Gasteiger partial charge in [-0.1, -0.05) is 0 Å². The summed E-state index contributed by atoms with van der Waals surface area (Å²) >= 11 is 8.42. The van der Waals surface area contributed by atoms with Crippen LogP contribution in [-0.4, -0.2) is 29.9 Å². The lowest BCUT2D eigenvalue weighted by Crippen LogP contribution is -2.44. The van der Waals surface area contributed by atoms with Crippen molar-refractivity contribution < 1.29 is 4.79 Å². The van der Waals surface area contributed by atoms with Crippen molar-refractivity contribution in [1.29, 1.82) is 0 Å². The van der Waals surface area contributed by atoms with Crippen LogP contribution in [0.2, 0.25) is 0 Å². The van der Waals surface area contributed by atoms with Gasteiger partial charge in [-0.2, -0.15) is 0 Å². The Morgan fingerprint density at radius 1 is 1.47 bits per heavy atom. The van der Waals surface area contributed by atoms with Gasteiger partial charge in [-0.25, -0.2) is 0 Å². The van der Waals surface area contributed by atoms with Crippen LogP contribution < -0.4 is 5.73 Å². The molecule has 1 fully saturated rings. The zero-order valence-corrected chi connectivity index (χ0v) is 15.2. The first-order chi connectivity index (χ1) is 8.63. The third-order valence-corrected chi connectivity index (χ3v) is 5.61. The number of carbonyl (C=O) groups is 1. The fourth-order valence-electron chi connectivity index (χ4n) is 2.40. The van der Waals surface area contributed by atoms with Gasteiger partial charge in [0.25, 0.3) is 5.91 Å². The highest BCUT2D eigenvalue weighted by molar-refractivity contribution is 9.12. The molecule has 1 aromatic heterocycles. The molecule has 0 saturated carbocycles. The second-order valence-corrected chi connectivity index (χ2v) is 8.21. The van der Waals surface area contributed by atoms with Crippen molar-refractivity contribution >= 4 is 61.5 Å². The largest absolute Gasteiger partial charge is 0.336 e. The molecule has 0 radical (unpaired) electrons. The summed E-state index contributed by atoms with van der Waals surface area (Å²) in [5.41, 5.74) is 6.40. The van der Waals surface area contributed by atoms with Gasteiger partial charge < -0.3 is 10.6 Å². The molecule has 0 aromatic carbocycles. The molecule has 3 nitrogen and oxygen atoms in total. The number of amides is 1. The average molecular weight is 433 g/mol. The van der Waals surface area contributed by atoms with Gasteiger partial charge in [0.15, 0.2) is 0 Å². The van der Waals surface area contributed by atoms with Crippen LogP contribution >= 0.6 is 55.6 Å². The highest BCUT2D eigenvalue weighted by Gasteiger charge is 2.28. The van der Waals surface area contributed by atoms with E-state index in [4.69, 9.17) is 5.73 Å². The van der Waals surface area contributed by atoms with E-state index in [9.17, 15) is 4.79 Å². The summed E-state index contributed by atoms with van der Waals surface area (Å²) in [5.74, 6) is 0.127. The van der Waals surface area contributed by atoms with Gasteiger partial charge in [0, 0.05) is 12.6 Å². The molecule has 2 rings (SSSR count). The minimum Gasteiger partial charge on any atom is -0.336 e. The van der Waals surface area contributed by atoms with Crippen LogP contribution in [0.1, 0.15) is 36.0 Å². The number of halogens is 3. The van der Waals surface area contributed by atoms with E-state index in [1.54, 1.807) is 0 Å². The van der Waals surface area contributed by atoms with E-state index in [0.717, 1.165) is 38.9 Å². The van der Waals surface area contributed by atoms with Crippen LogP contribution in [0, 0.1) is 0 Å². The standard InChI is InChI=1S/C12H16Br2N2OS.ClH/c13-10-7-9(11(14)18-10)12(17)16-6-2-1-3-8(16)4-5-15;/h7-8H,1-6,15H2;1H. The van der Waals surface area contributed by atoms with Crippen LogP contribution in [0.5, 0.6) is 0 Å². The highest BCUT2D eigenvalue weighted by atomic mass is 79.9. The van der Waals surface area contributed by atoms with Crippen molar-refractivity contribution in [2.24, 2.45) is 5.73 Å². The lowest BCUT2D eigenvalue weighted by molar-refractivity contribution is 0.0604. The van der Waals surface area contributed by atoms with Crippen LogP contribution in [0.3, 0.4) is 0 Å². The van der Waals surface area contributed by atoms with Gasteiger partial charge in [-0.3, -0.25) is 4.79 Å². The lowest BCUT2D eigenvalue weighted by atomic mass is 9.98. The number of rotatable bonds is 3. The molecule has 2 N–H and O–H groups in total. The summed E-state index contributed by atoms with van der Waals surface area (Å²) < 4.78 is 1.88. The van der Waals surface area contributed by atoms with Crippen molar-refractivity contribution in [2.75, 3.05) is 13.1 Å². The van der Waals surface area contributed by atoms with Gasteiger partial charge in [0.2, 0.25) is 0 Å². The Morgan fingerprint density at radius 3 is 2.79 bits per heavy atom. The topological polar surface area (TPSA) is 46.3 Å². The van der Waals surface area contributed by atoms with Crippen molar-refractivity contribution in [2.45, 2.75) is 31.7 Å². The number of nitrogens with zero attached hydrogens (tertiary/aromatic N) is 1. The Labute approximate surface area is 140 Å². The van der Waals surface area contributed by atoms with Crippen LogP contribution in [0.4, 0.5) is 0 Å². The predicted octanol–water partition coefficient (Wildman–Crippen LogP) is 4.04. The van der Waals surface area contributed by atoms with Gasteiger partial charge in [-0.05, 0) is 70.2 Å². The number of thiophene rings is 1. The Bertz CT molecular complexity index is 439. The first kappa shape index (κ1) is 17.4. The molecule has 19 heavy (non-hydrogen) atoms. The number of nitrogens with two attached hydrogens (primary N) is 1. The Hall–Kier alpha value is 0.380. The van der Waals surface area contributed by atoms with Crippen LogP contribution in [0.15, 0.2) is 13.6 Å². The summed E-state index contributed by atoms with van der Waals surface area (Å²) in [6.45, 7) is 1.49. The van der Waals surface area contributed by atoms with Crippen molar-refractivity contribution in [3.8, 4) is 0 Å².